The molecular formula is C2H17Cl2CoN5O6+. The van der Waals surface area contributed by atoms with Crippen LogP contribution in [0.15, 0.2) is 0 Å². The standard InChI is InChI=1S/C2H3ClO2.ClHO4.Co.5H3N/c3-1-2(4)5;2-1(3,4)5;;;;;;/h1H2,(H,4,5);(H,2,3,4,5);;5*1H3/q;;+3;;;;;/p-2. The molecule has 0 aliphatic carbocycles. The van der Waals surface area contributed by atoms with Crippen LogP contribution in [0.1, 0.15) is 0 Å². The molecule has 0 atom stereocenters. The Morgan fingerprint density at radius 2 is 1.00 bits per heavy atom. The van der Waals surface area contributed by atoms with Crippen LogP contribution in [0.25, 0.3) is 0 Å². The molecule has 0 aliphatic heterocycles. The SMILES string of the molecule is N.N.N.N.N.O=C([O-])CCl.[Co+3].[O-][Cl+3]([O-])([O-])[O-]. The summed E-state index contributed by atoms with van der Waals surface area (Å²) in [5, 5.41) is 9.12. The van der Waals surface area contributed by atoms with E-state index in [-0.39, 0.29) is 47.5 Å². The van der Waals surface area contributed by atoms with Crippen LogP contribution in [0.3, 0.4) is 0 Å². The first-order valence-electron chi connectivity index (χ1n) is 1.65. The second-order valence-corrected chi connectivity index (χ2v) is 1.91. The zero-order valence-corrected chi connectivity index (χ0v) is 10.8. The maximum absolute atomic E-state index is 9.12. The van der Waals surface area contributed by atoms with Crippen molar-refractivity contribution < 1.29 is 55.6 Å². The van der Waals surface area contributed by atoms with E-state index < -0.39 is 22.1 Å². The van der Waals surface area contributed by atoms with Gasteiger partial charge in [-0.15, -0.1) is 21.8 Å². The molecule has 14 heteroatoms. The van der Waals surface area contributed by atoms with Crippen LogP contribution in [0.2, 0.25) is 0 Å². The Morgan fingerprint density at radius 3 is 1.00 bits per heavy atom. The average molecular weight is 337 g/mol. The second-order valence-electron chi connectivity index (χ2n) is 0.884. The van der Waals surface area contributed by atoms with Crippen molar-refractivity contribution in [2.75, 3.05) is 5.88 Å². The van der Waals surface area contributed by atoms with Gasteiger partial charge in [-0.3, -0.25) is 0 Å². The van der Waals surface area contributed by atoms with Gasteiger partial charge in [0.05, 0.1) is 11.8 Å². The summed E-state index contributed by atoms with van der Waals surface area (Å²) in [5.41, 5.74) is 0. The first kappa shape index (κ1) is 55.7. The van der Waals surface area contributed by atoms with Gasteiger partial charge in [0.15, 0.2) is 0 Å². The molecular weight excluding hydrogens is 320 g/mol. The van der Waals surface area contributed by atoms with Gasteiger partial charge in [-0.1, -0.05) is 0 Å². The Labute approximate surface area is 110 Å². The number of alkyl halides is 1. The van der Waals surface area contributed by atoms with E-state index in [1.807, 2.05) is 0 Å². The monoisotopic (exact) mass is 336 g/mol. The van der Waals surface area contributed by atoms with E-state index in [1.165, 1.54) is 0 Å². The zero-order chi connectivity index (χ0) is 8.78. The number of carbonyl (C=O) groups is 1. The molecule has 11 nitrogen and oxygen atoms in total. The van der Waals surface area contributed by atoms with Gasteiger partial charge in [0, 0.05) is 0 Å². The van der Waals surface area contributed by atoms with E-state index in [4.69, 9.17) is 28.5 Å². The van der Waals surface area contributed by atoms with Crippen LogP contribution in [-0.2, 0) is 21.6 Å². The van der Waals surface area contributed by atoms with E-state index in [2.05, 4.69) is 11.6 Å². The van der Waals surface area contributed by atoms with Gasteiger partial charge in [-0.05, 0) is 0 Å². The third-order valence-electron chi connectivity index (χ3n) is 0.109. The molecule has 0 aromatic carbocycles. The minimum atomic E-state index is -4.94. The summed E-state index contributed by atoms with van der Waals surface area (Å²) >= 11 is 4.67. The maximum atomic E-state index is 9.12. The van der Waals surface area contributed by atoms with Gasteiger partial charge in [0.1, 0.15) is 0 Å². The molecule has 0 aromatic rings. The fraction of sp³-hybridized carbons (Fsp3) is 0.500. The van der Waals surface area contributed by atoms with Gasteiger partial charge in [0.2, 0.25) is 0 Å². The van der Waals surface area contributed by atoms with Crippen molar-refractivity contribution in [1.82, 2.24) is 30.8 Å². The predicted molar refractivity (Wildman–Crippen MR) is 40.8 cm³/mol. The van der Waals surface area contributed by atoms with Crippen molar-refractivity contribution >= 4 is 17.6 Å². The molecule has 0 amide bonds. The van der Waals surface area contributed by atoms with Gasteiger partial charge in [-0.2, -0.15) is 0 Å². The van der Waals surface area contributed by atoms with Crippen molar-refractivity contribution in [2.24, 2.45) is 0 Å². The normalized spacial score (nSPS) is 6.06. The molecule has 15 N–H and O–H groups in total. The predicted octanol–water partition coefficient (Wildman–Crippen LogP) is -4.97. The summed E-state index contributed by atoms with van der Waals surface area (Å²) in [7, 11) is -4.94. The summed E-state index contributed by atoms with van der Waals surface area (Å²) in [5.74, 6) is -1.65. The van der Waals surface area contributed by atoms with Gasteiger partial charge in [-0.25, -0.2) is 18.6 Å². The van der Waals surface area contributed by atoms with Crippen molar-refractivity contribution in [3.63, 3.8) is 0 Å². The fourth-order valence-corrected chi connectivity index (χ4v) is 0. The molecule has 0 radical (unpaired) electrons. The quantitative estimate of drug-likeness (QED) is 0.282. The molecule has 0 rings (SSSR count). The topological polar surface area (TPSA) is 307 Å². The third kappa shape index (κ3) is 512. The van der Waals surface area contributed by atoms with Gasteiger partial charge < -0.3 is 40.7 Å². The molecule has 0 bridgehead atoms. The number of rotatable bonds is 1. The summed E-state index contributed by atoms with van der Waals surface area (Å²) in [6, 6.07) is 0. The fourth-order valence-electron chi connectivity index (χ4n) is 0. The Bertz CT molecular complexity index is 110. The molecule has 0 saturated heterocycles. The van der Waals surface area contributed by atoms with E-state index in [0.29, 0.717) is 0 Å². The number of hydrogen-bond donors (Lipinski definition) is 5. The van der Waals surface area contributed by atoms with E-state index in [1.54, 1.807) is 0 Å². The van der Waals surface area contributed by atoms with Crippen LogP contribution in [0, 0.1) is 10.2 Å². The molecule has 0 aromatic heterocycles. The second kappa shape index (κ2) is 29.5. The van der Waals surface area contributed by atoms with Crippen LogP contribution < -0.4 is 54.5 Å². The molecule has 0 unspecified atom stereocenters. The largest absolute Gasteiger partial charge is 3.00 e. The minimum Gasteiger partial charge on any atom is -0.549 e. The molecule has 108 valence electrons. The van der Waals surface area contributed by atoms with Crippen LogP contribution in [0.4, 0.5) is 0 Å². The number of carboxylic acids is 1. The summed E-state index contributed by atoms with van der Waals surface area (Å²) < 4.78 is 34.0. The average Bonchev–Trinajstić information content (AvgIpc) is 1.61. The summed E-state index contributed by atoms with van der Waals surface area (Å²) in [6.07, 6.45) is 0. The van der Waals surface area contributed by atoms with E-state index in [0.717, 1.165) is 0 Å². The molecule has 0 spiro atoms. The van der Waals surface area contributed by atoms with Crippen molar-refractivity contribution in [1.29, 1.82) is 0 Å². The Balaban J connectivity index is -0.00000000970. The van der Waals surface area contributed by atoms with Crippen molar-refractivity contribution in [3.8, 4) is 0 Å². The van der Waals surface area contributed by atoms with Crippen LogP contribution in [-0.4, -0.2) is 11.8 Å². The smallest absolute Gasteiger partial charge is 0.549 e. The number of halogens is 2. The summed E-state index contributed by atoms with van der Waals surface area (Å²) in [6.45, 7) is 0. The van der Waals surface area contributed by atoms with Gasteiger partial charge >= 0.3 is 16.8 Å². The van der Waals surface area contributed by atoms with E-state index >= 15 is 0 Å². The molecule has 0 heterocycles. The van der Waals surface area contributed by atoms with Crippen LogP contribution in [0.5, 0.6) is 0 Å². The number of aliphatic carboxylic acids is 1. The number of hydrogen-bond acceptors (Lipinski definition) is 11. The zero-order valence-electron chi connectivity index (χ0n) is 8.28. The molecule has 0 fully saturated rings. The minimum absolute atomic E-state index is 0. The molecule has 16 heavy (non-hydrogen) atoms. The van der Waals surface area contributed by atoms with Crippen molar-refractivity contribution in [2.45, 2.75) is 0 Å². The molecule has 0 saturated carbocycles. The van der Waals surface area contributed by atoms with Crippen LogP contribution >= 0.6 is 11.6 Å². The van der Waals surface area contributed by atoms with E-state index in [9.17, 15) is 0 Å². The third-order valence-corrected chi connectivity index (χ3v) is 0.327. The number of carbonyl (C=O) groups excluding carboxylic acids is 1. The Kier molecular flexibility index (Phi) is 103. The Morgan fingerprint density at radius 1 is 0.938 bits per heavy atom. The van der Waals surface area contributed by atoms with Crippen molar-refractivity contribution in [3.05, 3.63) is 0 Å². The Hall–Kier alpha value is 0.196. The number of carboxylic acid groups (broad SMARTS) is 1. The first-order chi connectivity index (χ1) is 4.27. The molecule has 0 aliphatic rings. The maximum Gasteiger partial charge on any atom is 3.00 e. The first-order valence-corrected chi connectivity index (χ1v) is 3.42. The summed E-state index contributed by atoms with van der Waals surface area (Å²) in [4.78, 5) is 9.12. The van der Waals surface area contributed by atoms with Gasteiger partial charge in [0.25, 0.3) is 0 Å².